The molecule has 0 aromatic rings. The lowest BCUT2D eigenvalue weighted by atomic mass is 10.0. The highest BCUT2D eigenvalue weighted by atomic mass is 16.6. The van der Waals surface area contributed by atoms with Gasteiger partial charge in [0.1, 0.15) is 13.2 Å². The average molecular weight is 695 g/mol. The number of hydrogen-bond donors (Lipinski definition) is 0. The lowest BCUT2D eigenvalue weighted by Gasteiger charge is -2.18. The van der Waals surface area contributed by atoms with E-state index in [2.05, 4.69) is 27.7 Å². The van der Waals surface area contributed by atoms with Crippen molar-refractivity contribution in [1.29, 1.82) is 0 Å². The summed E-state index contributed by atoms with van der Waals surface area (Å²) in [6.07, 6.45) is 35.3. The Morgan fingerprint density at radius 3 is 1.00 bits per heavy atom. The van der Waals surface area contributed by atoms with E-state index < -0.39 is 6.10 Å². The van der Waals surface area contributed by atoms with Gasteiger partial charge in [-0.25, -0.2) is 0 Å². The molecule has 0 bridgehead atoms. The second-order valence-corrected chi connectivity index (χ2v) is 15.1. The molecule has 1 atom stereocenters. The predicted octanol–water partition coefficient (Wildman–Crippen LogP) is 13.2. The van der Waals surface area contributed by atoms with Crippen LogP contribution in [0.2, 0.25) is 0 Å². The summed E-state index contributed by atoms with van der Waals surface area (Å²) in [5.41, 5.74) is 0. The zero-order valence-corrected chi connectivity index (χ0v) is 33.1. The number of ether oxygens (including phenoxy) is 3. The first kappa shape index (κ1) is 47.4. The van der Waals surface area contributed by atoms with E-state index in [1.54, 1.807) is 0 Å². The van der Waals surface area contributed by atoms with E-state index in [4.69, 9.17) is 14.2 Å². The predicted molar refractivity (Wildman–Crippen MR) is 206 cm³/mol. The summed E-state index contributed by atoms with van der Waals surface area (Å²) in [5, 5.41) is 0. The number of rotatable bonds is 38. The summed E-state index contributed by atoms with van der Waals surface area (Å²) in [5.74, 6) is -0.0857. The molecule has 6 nitrogen and oxygen atoms in total. The van der Waals surface area contributed by atoms with E-state index >= 15 is 0 Å². The zero-order valence-electron chi connectivity index (χ0n) is 33.1. The molecule has 0 rings (SSSR count). The maximum absolute atomic E-state index is 12.6. The fourth-order valence-corrected chi connectivity index (χ4v) is 6.27. The minimum atomic E-state index is -0.757. The van der Waals surface area contributed by atoms with Gasteiger partial charge >= 0.3 is 17.9 Å². The summed E-state index contributed by atoms with van der Waals surface area (Å²) in [6, 6.07) is 0. The third kappa shape index (κ3) is 37.5. The Bertz CT molecular complexity index is 736. The fraction of sp³-hybridized carbons (Fsp3) is 0.930. The molecule has 6 heteroatoms. The molecule has 0 aromatic heterocycles. The van der Waals surface area contributed by atoms with Crippen molar-refractivity contribution in [1.82, 2.24) is 0 Å². The number of hydrogen-bond acceptors (Lipinski definition) is 6. The van der Waals surface area contributed by atoms with Crippen LogP contribution in [-0.4, -0.2) is 37.2 Å². The van der Waals surface area contributed by atoms with Crippen LogP contribution in [0.5, 0.6) is 0 Å². The Hall–Kier alpha value is -1.59. The molecule has 0 amide bonds. The molecule has 0 saturated heterocycles. The SMILES string of the molecule is CCCCCCCCCCCCCCCCC(=O)OC[C@H](COC(=O)CCCCCCCCCC(C)C)OC(=O)CCCCCCCCC. The van der Waals surface area contributed by atoms with Crippen molar-refractivity contribution in [2.75, 3.05) is 13.2 Å². The molecule has 0 aliphatic heterocycles. The van der Waals surface area contributed by atoms with Crippen LogP contribution in [0.4, 0.5) is 0 Å². The third-order valence-corrected chi connectivity index (χ3v) is 9.54. The van der Waals surface area contributed by atoms with Crippen LogP contribution in [0.1, 0.15) is 233 Å². The highest BCUT2D eigenvalue weighted by Crippen LogP contribution is 2.15. The molecule has 0 aliphatic carbocycles. The standard InChI is InChI=1S/C43H82O6/c1-5-7-9-11-13-14-15-16-17-18-19-23-26-30-34-41(44)47-37-40(49-43(46)36-32-28-21-12-10-8-6-2)38-48-42(45)35-31-27-24-20-22-25-29-33-39(3)4/h39-40H,5-38H2,1-4H3/t40-/m1/s1. The molecular formula is C43H82O6. The Morgan fingerprint density at radius 1 is 0.388 bits per heavy atom. The van der Waals surface area contributed by atoms with Crippen LogP contribution in [-0.2, 0) is 28.6 Å². The first-order valence-electron chi connectivity index (χ1n) is 21.4. The van der Waals surface area contributed by atoms with Crippen LogP contribution in [0, 0.1) is 5.92 Å². The molecule has 0 aromatic carbocycles. The van der Waals surface area contributed by atoms with E-state index in [-0.39, 0.29) is 31.1 Å². The van der Waals surface area contributed by atoms with Gasteiger partial charge in [0.15, 0.2) is 6.10 Å². The van der Waals surface area contributed by atoms with Crippen LogP contribution < -0.4 is 0 Å². The van der Waals surface area contributed by atoms with Gasteiger partial charge < -0.3 is 14.2 Å². The quantitative estimate of drug-likeness (QED) is 0.0364. The molecule has 290 valence electrons. The van der Waals surface area contributed by atoms with Crippen LogP contribution in [0.25, 0.3) is 0 Å². The first-order valence-corrected chi connectivity index (χ1v) is 21.4. The largest absolute Gasteiger partial charge is 0.462 e. The van der Waals surface area contributed by atoms with Gasteiger partial charge in [0.25, 0.3) is 0 Å². The van der Waals surface area contributed by atoms with Gasteiger partial charge in [0.2, 0.25) is 0 Å². The van der Waals surface area contributed by atoms with Gasteiger partial charge in [-0.3, -0.25) is 14.4 Å². The van der Waals surface area contributed by atoms with Crippen LogP contribution in [0.15, 0.2) is 0 Å². The highest BCUT2D eigenvalue weighted by Gasteiger charge is 2.19. The lowest BCUT2D eigenvalue weighted by Crippen LogP contribution is -2.30. The molecule has 0 aliphatic rings. The zero-order chi connectivity index (χ0) is 36.0. The number of esters is 3. The smallest absolute Gasteiger partial charge is 0.306 e. The molecule has 49 heavy (non-hydrogen) atoms. The third-order valence-electron chi connectivity index (χ3n) is 9.54. The second kappa shape index (κ2) is 37.7. The summed E-state index contributed by atoms with van der Waals surface area (Å²) in [4.78, 5) is 37.4. The Kier molecular flexibility index (Phi) is 36.4. The average Bonchev–Trinajstić information content (AvgIpc) is 3.08. The summed E-state index contributed by atoms with van der Waals surface area (Å²) < 4.78 is 16.6. The van der Waals surface area contributed by atoms with Crippen molar-refractivity contribution >= 4 is 17.9 Å². The van der Waals surface area contributed by atoms with Gasteiger partial charge in [0.05, 0.1) is 0 Å². The fourth-order valence-electron chi connectivity index (χ4n) is 6.27. The van der Waals surface area contributed by atoms with Crippen molar-refractivity contribution in [2.24, 2.45) is 5.92 Å². The van der Waals surface area contributed by atoms with E-state index in [0.717, 1.165) is 63.7 Å². The normalized spacial score (nSPS) is 11.9. The lowest BCUT2D eigenvalue weighted by molar-refractivity contribution is -0.167. The number of carbonyl (C=O) groups excluding carboxylic acids is 3. The first-order chi connectivity index (χ1) is 23.9. The van der Waals surface area contributed by atoms with E-state index in [0.29, 0.717) is 19.3 Å². The van der Waals surface area contributed by atoms with Gasteiger partial charge in [-0.2, -0.15) is 0 Å². The van der Waals surface area contributed by atoms with E-state index in [9.17, 15) is 14.4 Å². The van der Waals surface area contributed by atoms with Crippen molar-refractivity contribution in [3.8, 4) is 0 Å². The molecular weight excluding hydrogens is 612 g/mol. The molecule has 0 N–H and O–H groups in total. The van der Waals surface area contributed by atoms with Crippen LogP contribution in [0.3, 0.4) is 0 Å². The minimum absolute atomic E-state index is 0.0652. The van der Waals surface area contributed by atoms with Gasteiger partial charge in [0, 0.05) is 19.3 Å². The number of unbranched alkanes of at least 4 members (excludes halogenated alkanes) is 25. The number of carbonyl (C=O) groups is 3. The van der Waals surface area contributed by atoms with Gasteiger partial charge in [-0.05, 0) is 25.2 Å². The molecule has 0 spiro atoms. The second-order valence-electron chi connectivity index (χ2n) is 15.1. The van der Waals surface area contributed by atoms with Crippen LogP contribution >= 0.6 is 0 Å². The van der Waals surface area contributed by atoms with Gasteiger partial charge in [-0.1, -0.05) is 195 Å². The Balaban J connectivity index is 4.25. The molecule has 0 fully saturated rings. The minimum Gasteiger partial charge on any atom is -0.462 e. The van der Waals surface area contributed by atoms with Gasteiger partial charge in [-0.15, -0.1) is 0 Å². The van der Waals surface area contributed by atoms with E-state index in [1.165, 1.54) is 128 Å². The Labute approximate surface area is 304 Å². The highest BCUT2D eigenvalue weighted by molar-refractivity contribution is 5.71. The maximum atomic E-state index is 12.6. The molecule has 0 unspecified atom stereocenters. The summed E-state index contributed by atoms with van der Waals surface area (Å²) in [7, 11) is 0. The van der Waals surface area contributed by atoms with Crippen molar-refractivity contribution in [2.45, 2.75) is 239 Å². The van der Waals surface area contributed by atoms with E-state index in [1.807, 2.05) is 0 Å². The topological polar surface area (TPSA) is 78.9 Å². The monoisotopic (exact) mass is 695 g/mol. The molecule has 0 radical (unpaired) electrons. The maximum Gasteiger partial charge on any atom is 0.306 e. The summed E-state index contributed by atoms with van der Waals surface area (Å²) >= 11 is 0. The summed E-state index contributed by atoms with van der Waals surface area (Å²) in [6.45, 7) is 8.89. The molecule has 0 heterocycles. The van der Waals surface area contributed by atoms with Crippen molar-refractivity contribution in [3.05, 3.63) is 0 Å². The molecule has 0 saturated carbocycles. The van der Waals surface area contributed by atoms with Crippen molar-refractivity contribution in [3.63, 3.8) is 0 Å². The Morgan fingerprint density at radius 2 is 0.673 bits per heavy atom. The van der Waals surface area contributed by atoms with Crippen molar-refractivity contribution < 1.29 is 28.6 Å².